The molecule has 0 saturated heterocycles. The van der Waals surface area contributed by atoms with Gasteiger partial charge in [-0.15, -0.1) is 0 Å². The minimum absolute atomic E-state index is 0.987. The van der Waals surface area contributed by atoms with Crippen LogP contribution < -0.4 is 10.5 Å². The van der Waals surface area contributed by atoms with E-state index in [0.29, 0.717) is 0 Å². The van der Waals surface area contributed by atoms with Crippen molar-refractivity contribution in [1.82, 2.24) is 0 Å². The van der Waals surface area contributed by atoms with Crippen LogP contribution in [-0.2, 0) is 10.1 Å². The Labute approximate surface area is 189 Å². The number of pyridine rings is 1. The van der Waals surface area contributed by atoms with Crippen LogP contribution >= 0.6 is 0 Å². The summed E-state index contributed by atoms with van der Waals surface area (Å²) in [6, 6.07) is 35.2. The molecule has 9 heteroatoms. The topological polar surface area (TPSA) is 87.1 Å². The maximum absolute atomic E-state index is 10.7. The number of benzene rings is 3. The largest absolute Gasteiger partial charge is 0.741 e. The number of halogens is 3. The summed E-state index contributed by atoms with van der Waals surface area (Å²) in [5.41, 5.74) is 0.853. The van der Waals surface area contributed by atoms with Crippen molar-refractivity contribution in [3.05, 3.63) is 103 Å². The zero-order valence-corrected chi connectivity index (χ0v) is 17.9. The maximum Gasteiger partial charge on any atom is 0.485 e. The van der Waals surface area contributed by atoms with Gasteiger partial charge in [0.25, 0.3) is 0 Å². The highest BCUT2D eigenvalue weighted by Crippen LogP contribution is 2.28. The number of rotatable bonds is 3. The molecule has 0 amide bonds. The number of hydrogen-bond acceptors (Lipinski definition) is 4. The zero-order chi connectivity index (χ0) is 24.1. The Bertz CT molecular complexity index is 1250. The van der Waals surface area contributed by atoms with Crippen LogP contribution in [-0.4, -0.2) is 18.5 Å². The van der Waals surface area contributed by atoms with E-state index >= 15 is 0 Å². The van der Waals surface area contributed by atoms with Gasteiger partial charge in [0.2, 0.25) is 11.4 Å². The van der Waals surface area contributed by atoms with Crippen molar-refractivity contribution in [1.29, 1.82) is 0 Å². The Hall–Kier alpha value is -3.69. The van der Waals surface area contributed by atoms with Crippen molar-refractivity contribution in [2.75, 3.05) is 5.84 Å². The van der Waals surface area contributed by atoms with E-state index in [9.17, 15) is 13.2 Å². The molecule has 4 rings (SSSR count). The first-order valence-electron chi connectivity index (χ1n) is 9.61. The molecule has 2 N–H and O–H groups in total. The van der Waals surface area contributed by atoms with Gasteiger partial charge in [-0.3, -0.25) is 0 Å². The molecule has 0 aliphatic heterocycles. The Kier molecular flexibility index (Phi) is 7.15. The minimum atomic E-state index is -6.09. The molecule has 0 atom stereocenters. The van der Waals surface area contributed by atoms with Crippen LogP contribution in [0, 0.1) is 0 Å². The molecule has 3 aromatic carbocycles. The van der Waals surface area contributed by atoms with E-state index in [1.165, 1.54) is 5.56 Å². The van der Waals surface area contributed by atoms with Crippen LogP contribution in [0.2, 0.25) is 0 Å². The summed E-state index contributed by atoms with van der Waals surface area (Å²) in [7, 11) is -6.09. The molecule has 0 spiro atoms. The predicted molar refractivity (Wildman–Crippen MR) is 119 cm³/mol. The number of hydrogen-bond donors (Lipinski definition) is 1. The van der Waals surface area contributed by atoms with Gasteiger partial charge in [0, 0.05) is 23.3 Å². The summed E-state index contributed by atoms with van der Waals surface area (Å²) in [4.78, 5) is 0. The van der Waals surface area contributed by atoms with Crippen LogP contribution in [0.1, 0.15) is 0 Å². The molecule has 0 radical (unpaired) electrons. The number of alkyl halides is 3. The number of nitrogens with two attached hydrogens (primary N) is 1. The molecule has 0 bridgehead atoms. The van der Waals surface area contributed by atoms with E-state index < -0.39 is 15.6 Å². The molecule has 0 fully saturated rings. The highest BCUT2D eigenvalue weighted by molar-refractivity contribution is 7.86. The third-order valence-electron chi connectivity index (χ3n) is 4.63. The third kappa shape index (κ3) is 5.97. The molecule has 0 aliphatic rings. The minimum Gasteiger partial charge on any atom is -0.741 e. The summed E-state index contributed by atoms with van der Waals surface area (Å²) in [6.07, 6.45) is 0. The standard InChI is InChI=1S/C23H19N2.CHF3O3S/c24-25-22(19-12-6-2-7-13-19)16-21(18-10-4-1-5-11-18)17-23(25)20-14-8-3-9-15-20;2-1(3,4)8(5,6)7/h1-17H,24H2;(H,5,6,7)/q+1;/p-1. The molecule has 1 heterocycles. The van der Waals surface area contributed by atoms with Crippen LogP contribution in [0.15, 0.2) is 103 Å². The Balaban J connectivity index is 0.000000331. The molecule has 5 nitrogen and oxygen atoms in total. The van der Waals surface area contributed by atoms with Crippen molar-refractivity contribution in [3.8, 4) is 33.6 Å². The lowest BCUT2D eigenvalue weighted by atomic mass is 10.00. The van der Waals surface area contributed by atoms with E-state index in [-0.39, 0.29) is 0 Å². The summed E-state index contributed by atoms with van der Waals surface area (Å²) in [5.74, 6) is 6.51. The van der Waals surface area contributed by atoms with Crippen molar-refractivity contribution >= 4 is 10.1 Å². The van der Waals surface area contributed by atoms with Crippen molar-refractivity contribution in [3.63, 3.8) is 0 Å². The molecular weight excluding hydrogens is 453 g/mol. The van der Waals surface area contributed by atoms with E-state index in [1.54, 1.807) is 4.68 Å². The normalized spacial score (nSPS) is 11.4. The van der Waals surface area contributed by atoms with Gasteiger partial charge in [-0.2, -0.15) is 13.2 Å². The summed E-state index contributed by atoms with van der Waals surface area (Å²) < 4.78 is 60.7. The van der Waals surface area contributed by atoms with Crippen LogP contribution in [0.5, 0.6) is 0 Å². The fourth-order valence-electron chi connectivity index (χ4n) is 3.07. The van der Waals surface area contributed by atoms with Gasteiger partial charge < -0.3 is 4.55 Å². The molecule has 0 saturated carbocycles. The van der Waals surface area contributed by atoms with Crippen LogP contribution in [0.25, 0.3) is 33.6 Å². The maximum atomic E-state index is 10.7. The lowest BCUT2D eigenvalue weighted by Gasteiger charge is -2.08. The quantitative estimate of drug-likeness (QED) is 0.202. The van der Waals surface area contributed by atoms with Gasteiger partial charge in [-0.05, 0) is 35.4 Å². The summed E-state index contributed by atoms with van der Waals surface area (Å²) >= 11 is 0. The van der Waals surface area contributed by atoms with Gasteiger partial charge >= 0.3 is 5.51 Å². The van der Waals surface area contributed by atoms with E-state index in [2.05, 4.69) is 60.7 Å². The highest BCUT2D eigenvalue weighted by Gasteiger charge is 2.36. The van der Waals surface area contributed by atoms with Crippen molar-refractivity contribution in [2.45, 2.75) is 5.51 Å². The zero-order valence-electron chi connectivity index (χ0n) is 17.1. The summed E-state index contributed by atoms with van der Waals surface area (Å²) in [6.45, 7) is 0. The average Bonchev–Trinajstić information content (AvgIpc) is 2.80. The SMILES string of the molecule is N[n+]1c(-c2ccccc2)cc(-c2ccccc2)cc1-c1ccccc1.O=S(=O)([O-])C(F)(F)F. The molecule has 0 unspecified atom stereocenters. The van der Waals surface area contributed by atoms with Crippen molar-refractivity contribution < 1.29 is 30.8 Å². The number of nitrogen functional groups attached to an aromatic ring is 1. The fourth-order valence-corrected chi connectivity index (χ4v) is 3.07. The number of nitrogens with zero attached hydrogens (tertiary/aromatic N) is 1. The van der Waals surface area contributed by atoms with Crippen LogP contribution in [0.4, 0.5) is 13.2 Å². The molecule has 170 valence electrons. The van der Waals surface area contributed by atoms with Gasteiger partial charge in [0.15, 0.2) is 10.1 Å². The van der Waals surface area contributed by atoms with Gasteiger partial charge in [-0.25, -0.2) is 14.3 Å². The fraction of sp³-hybridized carbons (Fsp3) is 0.0417. The molecule has 0 aliphatic carbocycles. The Morgan fingerprint density at radius 2 is 0.939 bits per heavy atom. The van der Waals surface area contributed by atoms with E-state index in [1.807, 2.05) is 42.5 Å². The lowest BCUT2D eigenvalue weighted by Crippen LogP contribution is -2.48. The van der Waals surface area contributed by atoms with Crippen molar-refractivity contribution in [2.24, 2.45) is 0 Å². The second kappa shape index (κ2) is 9.85. The predicted octanol–water partition coefficient (Wildman–Crippen LogP) is 4.74. The monoisotopic (exact) mass is 472 g/mol. The Morgan fingerprint density at radius 1 is 0.636 bits per heavy atom. The van der Waals surface area contributed by atoms with Gasteiger partial charge in [-0.1, -0.05) is 71.4 Å². The third-order valence-corrected chi connectivity index (χ3v) is 5.20. The second-order valence-electron chi connectivity index (χ2n) is 6.88. The second-order valence-corrected chi connectivity index (χ2v) is 8.25. The lowest BCUT2D eigenvalue weighted by molar-refractivity contribution is -0.615. The highest BCUT2D eigenvalue weighted by atomic mass is 32.2. The summed E-state index contributed by atoms with van der Waals surface area (Å²) in [5, 5.41) is 0. The molecular formula is C24H19F3N2O3S. The molecule has 4 aromatic rings. The van der Waals surface area contributed by atoms with E-state index in [0.717, 1.165) is 28.1 Å². The molecule has 1 aromatic heterocycles. The van der Waals surface area contributed by atoms with Gasteiger partial charge in [0.1, 0.15) is 0 Å². The van der Waals surface area contributed by atoms with E-state index in [4.69, 9.17) is 18.8 Å². The van der Waals surface area contributed by atoms with Crippen LogP contribution in [0.3, 0.4) is 0 Å². The first kappa shape index (κ1) is 24.0. The average molecular weight is 472 g/mol. The van der Waals surface area contributed by atoms with Gasteiger partial charge in [0.05, 0.1) is 0 Å². The molecule has 33 heavy (non-hydrogen) atoms. The smallest absolute Gasteiger partial charge is 0.485 e. The first-order valence-corrected chi connectivity index (χ1v) is 11.0. The number of aromatic nitrogens is 1. The first-order chi connectivity index (χ1) is 15.6. The Morgan fingerprint density at radius 3 is 1.24 bits per heavy atom.